The van der Waals surface area contributed by atoms with Crippen LogP contribution in [0.1, 0.15) is 31.2 Å². The summed E-state index contributed by atoms with van der Waals surface area (Å²) < 4.78 is 9.90. The van der Waals surface area contributed by atoms with Crippen molar-refractivity contribution in [3.63, 3.8) is 0 Å². The van der Waals surface area contributed by atoms with Crippen molar-refractivity contribution in [2.24, 2.45) is 0 Å². The second-order valence-electron chi connectivity index (χ2n) is 3.14. The molecule has 0 radical (unpaired) electrons. The molecule has 0 aliphatic rings. The minimum atomic E-state index is -0.763. The molecule has 0 saturated carbocycles. The van der Waals surface area contributed by atoms with Gasteiger partial charge in [0.2, 0.25) is 5.89 Å². The lowest BCUT2D eigenvalue weighted by molar-refractivity contribution is 0.109. The van der Waals surface area contributed by atoms with E-state index in [1.807, 2.05) is 6.07 Å². The highest BCUT2D eigenvalue weighted by Gasteiger charge is 2.15. The summed E-state index contributed by atoms with van der Waals surface area (Å²) in [4.78, 5) is 4.03. The molecule has 0 saturated heterocycles. The van der Waals surface area contributed by atoms with E-state index in [0.29, 0.717) is 11.7 Å². The zero-order chi connectivity index (χ0) is 11.3. The Morgan fingerprint density at radius 3 is 3.00 bits per heavy atom. The van der Waals surface area contributed by atoms with E-state index in [1.54, 1.807) is 14.0 Å². The summed E-state index contributed by atoms with van der Waals surface area (Å²) in [5.41, 5.74) is 0. The first-order chi connectivity index (χ1) is 7.17. The fraction of sp³-hybridized carbons (Fsp3) is 0.667. The van der Waals surface area contributed by atoms with E-state index in [1.165, 1.54) is 0 Å². The molecular formula is C9H13N3O3. The molecule has 1 N–H and O–H groups in total. The molecule has 1 aromatic rings. The summed E-state index contributed by atoms with van der Waals surface area (Å²) in [6.07, 6.45) is -0.758. The number of ether oxygens (including phenoxy) is 1. The zero-order valence-electron chi connectivity index (χ0n) is 8.67. The van der Waals surface area contributed by atoms with Crippen molar-refractivity contribution in [3.8, 4) is 6.07 Å². The van der Waals surface area contributed by atoms with Crippen molar-refractivity contribution < 1.29 is 14.4 Å². The topological polar surface area (TPSA) is 92.2 Å². The summed E-state index contributed by atoms with van der Waals surface area (Å²) in [6, 6.07) is 1.86. The van der Waals surface area contributed by atoms with Gasteiger partial charge < -0.3 is 14.4 Å². The molecule has 1 heterocycles. The number of aromatic nitrogens is 2. The van der Waals surface area contributed by atoms with Crippen LogP contribution in [0.5, 0.6) is 0 Å². The van der Waals surface area contributed by atoms with Crippen molar-refractivity contribution >= 4 is 0 Å². The average Bonchev–Trinajstić information content (AvgIpc) is 2.65. The Hall–Kier alpha value is -1.45. The van der Waals surface area contributed by atoms with Gasteiger partial charge in [0, 0.05) is 7.11 Å². The molecule has 0 aliphatic carbocycles. The summed E-state index contributed by atoms with van der Waals surface area (Å²) in [7, 11) is 1.55. The van der Waals surface area contributed by atoms with Gasteiger partial charge in [-0.2, -0.15) is 10.2 Å². The van der Waals surface area contributed by atoms with E-state index in [-0.39, 0.29) is 18.9 Å². The van der Waals surface area contributed by atoms with Crippen LogP contribution in [0, 0.1) is 11.3 Å². The van der Waals surface area contributed by atoms with Crippen LogP contribution in [0.15, 0.2) is 4.52 Å². The summed E-state index contributed by atoms with van der Waals surface area (Å²) in [5, 5.41) is 21.4. The van der Waals surface area contributed by atoms with E-state index < -0.39 is 6.10 Å². The normalized spacial score (nSPS) is 14.5. The van der Waals surface area contributed by atoms with Gasteiger partial charge in [0.25, 0.3) is 0 Å². The number of nitrogens with zero attached hydrogens (tertiary/aromatic N) is 3. The van der Waals surface area contributed by atoms with Gasteiger partial charge in [-0.05, 0) is 6.92 Å². The second-order valence-corrected chi connectivity index (χ2v) is 3.14. The molecule has 6 heteroatoms. The minimum Gasteiger partial charge on any atom is -0.392 e. The molecule has 6 nitrogen and oxygen atoms in total. The van der Waals surface area contributed by atoms with Crippen molar-refractivity contribution in [2.45, 2.75) is 32.0 Å². The number of methoxy groups -OCH3 is 1. The minimum absolute atomic E-state index is 0.0531. The number of hydrogen-bond donors (Lipinski definition) is 1. The molecule has 0 amide bonds. The number of aliphatic hydroxyl groups excluding tert-OH is 1. The van der Waals surface area contributed by atoms with Crippen LogP contribution in [0.25, 0.3) is 0 Å². The Morgan fingerprint density at radius 1 is 1.67 bits per heavy atom. The van der Waals surface area contributed by atoms with Crippen LogP contribution >= 0.6 is 0 Å². The van der Waals surface area contributed by atoms with E-state index >= 15 is 0 Å². The summed E-state index contributed by atoms with van der Waals surface area (Å²) in [5.74, 6) is 0.758. The van der Waals surface area contributed by atoms with Crippen molar-refractivity contribution in [1.29, 1.82) is 5.26 Å². The first kappa shape index (κ1) is 11.6. The van der Waals surface area contributed by atoms with Crippen LogP contribution in [-0.4, -0.2) is 28.5 Å². The SMILES string of the molecule is COC(C)c1noc(CC(O)CC#N)n1. The van der Waals surface area contributed by atoms with Crippen LogP contribution < -0.4 is 0 Å². The largest absolute Gasteiger partial charge is 0.392 e. The monoisotopic (exact) mass is 211 g/mol. The van der Waals surface area contributed by atoms with Gasteiger partial charge in [0.05, 0.1) is 25.0 Å². The van der Waals surface area contributed by atoms with Gasteiger partial charge in [0.15, 0.2) is 5.82 Å². The maximum absolute atomic E-state index is 9.33. The smallest absolute Gasteiger partial charge is 0.229 e. The summed E-state index contributed by atoms with van der Waals surface area (Å²) >= 11 is 0. The lowest BCUT2D eigenvalue weighted by atomic mass is 10.2. The maximum atomic E-state index is 9.33. The molecule has 1 rings (SSSR count). The van der Waals surface area contributed by atoms with E-state index in [0.717, 1.165) is 0 Å². The molecule has 0 aromatic carbocycles. The number of nitriles is 1. The molecule has 82 valence electrons. The van der Waals surface area contributed by atoms with Crippen molar-refractivity contribution in [3.05, 3.63) is 11.7 Å². The third kappa shape index (κ3) is 3.31. The highest BCUT2D eigenvalue weighted by Crippen LogP contribution is 2.12. The van der Waals surface area contributed by atoms with Gasteiger partial charge in [0.1, 0.15) is 6.10 Å². The van der Waals surface area contributed by atoms with E-state index in [9.17, 15) is 5.11 Å². The predicted molar refractivity (Wildman–Crippen MR) is 49.7 cm³/mol. The zero-order valence-corrected chi connectivity index (χ0v) is 8.67. The van der Waals surface area contributed by atoms with Gasteiger partial charge in [-0.3, -0.25) is 0 Å². The molecule has 0 aliphatic heterocycles. The standard InChI is InChI=1S/C9H13N3O3/c1-6(14-2)9-11-8(15-12-9)5-7(13)3-4-10/h6-7,13H,3,5H2,1-2H3. The molecule has 15 heavy (non-hydrogen) atoms. The van der Waals surface area contributed by atoms with Crippen molar-refractivity contribution in [1.82, 2.24) is 10.1 Å². The highest BCUT2D eigenvalue weighted by molar-refractivity contribution is 4.92. The lowest BCUT2D eigenvalue weighted by Crippen LogP contribution is -2.09. The number of hydrogen-bond acceptors (Lipinski definition) is 6. The predicted octanol–water partition coefficient (Wildman–Crippen LogP) is 0.594. The Kier molecular flexibility index (Phi) is 4.21. The molecule has 0 fully saturated rings. The Bertz CT molecular complexity index is 345. The van der Waals surface area contributed by atoms with Crippen LogP contribution in [0.2, 0.25) is 0 Å². The molecule has 2 atom stereocenters. The van der Waals surface area contributed by atoms with Crippen LogP contribution in [0.4, 0.5) is 0 Å². The maximum Gasteiger partial charge on any atom is 0.229 e. The van der Waals surface area contributed by atoms with E-state index in [2.05, 4.69) is 10.1 Å². The van der Waals surface area contributed by atoms with Crippen LogP contribution in [-0.2, 0) is 11.2 Å². The third-order valence-electron chi connectivity index (χ3n) is 1.94. The van der Waals surface area contributed by atoms with Gasteiger partial charge >= 0.3 is 0 Å². The quantitative estimate of drug-likeness (QED) is 0.766. The first-order valence-corrected chi connectivity index (χ1v) is 4.57. The average molecular weight is 211 g/mol. The molecule has 0 bridgehead atoms. The number of aliphatic hydroxyl groups is 1. The Morgan fingerprint density at radius 2 is 2.40 bits per heavy atom. The van der Waals surface area contributed by atoms with Crippen LogP contribution in [0.3, 0.4) is 0 Å². The number of rotatable bonds is 5. The first-order valence-electron chi connectivity index (χ1n) is 4.57. The lowest BCUT2D eigenvalue weighted by Gasteiger charge is -2.01. The molecule has 0 spiro atoms. The fourth-order valence-corrected chi connectivity index (χ4v) is 1.00. The highest BCUT2D eigenvalue weighted by atomic mass is 16.5. The van der Waals surface area contributed by atoms with Crippen molar-refractivity contribution in [2.75, 3.05) is 7.11 Å². The third-order valence-corrected chi connectivity index (χ3v) is 1.94. The Balaban J connectivity index is 2.57. The molecule has 2 unspecified atom stereocenters. The summed E-state index contributed by atoms with van der Waals surface area (Å²) in [6.45, 7) is 1.79. The molecule has 1 aromatic heterocycles. The van der Waals surface area contributed by atoms with E-state index in [4.69, 9.17) is 14.5 Å². The fourth-order valence-electron chi connectivity index (χ4n) is 1.00. The van der Waals surface area contributed by atoms with Gasteiger partial charge in [-0.1, -0.05) is 5.16 Å². The van der Waals surface area contributed by atoms with Gasteiger partial charge in [-0.15, -0.1) is 0 Å². The second kappa shape index (κ2) is 5.44. The Labute approximate surface area is 87.5 Å². The molecular weight excluding hydrogens is 198 g/mol. The van der Waals surface area contributed by atoms with Gasteiger partial charge in [-0.25, -0.2) is 0 Å².